The molecule has 0 aliphatic heterocycles. The second-order valence-corrected chi connectivity index (χ2v) is 6.51. The molecule has 2 aromatic rings. The third-order valence-electron chi connectivity index (χ3n) is 3.61. The van der Waals surface area contributed by atoms with E-state index in [1.807, 2.05) is 18.2 Å². The molecule has 0 spiro atoms. The molecule has 1 atom stereocenters. The highest BCUT2D eigenvalue weighted by molar-refractivity contribution is 5.81. The van der Waals surface area contributed by atoms with Crippen LogP contribution in [0.4, 0.5) is 0 Å². The predicted octanol–water partition coefficient (Wildman–Crippen LogP) is 1.89. The number of rotatable bonds is 5. The van der Waals surface area contributed by atoms with Gasteiger partial charge in [-0.05, 0) is 16.5 Å². The molecule has 1 aromatic heterocycles. The molecular formula is C17H24N4O. The maximum atomic E-state index is 12.1. The van der Waals surface area contributed by atoms with E-state index in [9.17, 15) is 4.79 Å². The number of carbonyl (C=O) groups is 1. The normalized spacial score (nSPS) is 12.9. The van der Waals surface area contributed by atoms with Gasteiger partial charge in [-0.25, -0.2) is 4.98 Å². The standard InChI is InChI=1S/C17H24N4O/c1-17(2,3)14-7-5-4-6-12(14)9-20-16(22)15(18)8-13-10-19-11-21-13/h4-7,10-11,15H,8-9,18H2,1-3H3,(H,19,21)(H,20,22)/t15-/m0/s1. The molecule has 2 rings (SSSR count). The third-order valence-corrected chi connectivity index (χ3v) is 3.61. The summed E-state index contributed by atoms with van der Waals surface area (Å²) < 4.78 is 0. The second kappa shape index (κ2) is 6.75. The first-order valence-corrected chi connectivity index (χ1v) is 7.47. The Morgan fingerprint density at radius 1 is 1.36 bits per heavy atom. The van der Waals surface area contributed by atoms with E-state index in [0.29, 0.717) is 13.0 Å². The number of amides is 1. The molecule has 5 nitrogen and oxygen atoms in total. The Hall–Kier alpha value is -2.14. The van der Waals surface area contributed by atoms with Crippen molar-refractivity contribution in [3.63, 3.8) is 0 Å². The zero-order valence-corrected chi connectivity index (χ0v) is 13.4. The van der Waals surface area contributed by atoms with Gasteiger partial charge in [0.1, 0.15) is 0 Å². The van der Waals surface area contributed by atoms with E-state index in [-0.39, 0.29) is 11.3 Å². The van der Waals surface area contributed by atoms with Gasteiger partial charge in [0.15, 0.2) is 0 Å². The van der Waals surface area contributed by atoms with Crippen LogP contribution in [-0.4, -0.2) is 21.9 Å². The highest BCUT2D eigenvalue weighted by Crippen LogP contribution is 2.25. The Balaban J connectivity index is 1.97. The van der Waals surface area contributed by atoms with Crippen LogP contribution in [0.25, 0.3) is 0 Å². The van der Waals surface area contributed by atoms with Gasteiger partial charge >= 0.3 is 0 Å². The van der Waals surface area contributed by atoms with Crippen molar-refractivity contribution in [3.8, 4) is 0 Å². The second-order valence-electron chi connectivity index (χ2n) is 6.51. The number of hydrogen-bond donors (Lipinski definition) is 3. The van der Waals surface area contributed by atoms with Crippen LogP contribution in [0, 0.1) is 0 Å². The van der Waals surface area contributed by atoms with Crippen molar-refractivity contribution in [2.75, 3.05) is 0 Å². The Labute approximate surface area is 131 Å². The maximum absolute atomic E-state index is 12.1. The van der Waals surface area contributed by atoms with E-state index in [2.05, 4.69) is 42.1 Å². The minimum atomic E-state index is -0.581. The smallest absolute Gasteiger partial charge is 0.237 e. The molecule has 0 radical (unpaired) electrons. The van der Waals surface area contributed by atoms with Crippen molar-refractivity contribution in [1.82, 2.24) is 15.3 Å². The molecule has 1 heterocycles. The summed E-state index contributed by atoms with van der Waals surface area (Å²) in [7, 11) is 0. The van der Waals surface area contributed by atoms with Crippen LogP contribution in [-0.2, 0) is 23.2 Å². The van der Waals surface area contributed by atoms with Crippen LogP contribution in [0.5, 0.6) is 0 Å². The molecule has 118 valence electrons. The molecule has 0 saturated carbocycles. The van der Waals surface area contributed by atoms with Gasteiger partial charge in [-0.2, -0.15) is 0 Å². The quantitative estimate of drug-likeness (QED) is 0.788. The Morgan fingerprint density at radius 2 is 2.09 bits per heavy atom. The Kier molecular flexibility index (Phi) is 4.98. The van der Waals surface area contributed by atoms with Crippen molar-refractivity contribution in [1.29, 1.82) is 0 Å². The number of benzene rings is 1. The van der Waals surface area contributed by atoms with Gasteiger partial charge in [0.25, 0.3) is 0 Å². The first-order chi connectivity index (χ1) is 10.4. The van der Waals surface area contributed by atoms with Gasteiger partial charge in [-0.3, -0.25) is 4.79 Å². The molecule has 4 N–H and O–H groups in total. The summed E-state index contributed by atoms with van der Waals surface area (Å²) in [6, 6.07) is 7.58. The molecule has 0 fully saturated rings. The molecule has 0 unspecified atom stereocenters. The lowest BCUT2D eigenvalue weighted by atomic mass is 9.84. The summed E-state index contributed by atoms with van der Waals surface area (Å²) in [5.41, 5.74) is 9.19. The van der Waals surface area contributed by atoms with Crippen LogP contribution < -0.4 is 11.1 Å². The Bertz CT molecular complexity index is 614. The molecule has 1 amide bonds. The van der Waals surface area contributed by atoms with Gasteiger partial charge in [-0.1, -0.05) is 45.0 Å². The maximum Gasteiger partial charge on any atom is 0.237 e. The van der Waals surface area contributed by atoms with Crippen LogP contribution >= 0.6 is 0 Å². The fourth-order valence-electron chi connectivity index (χ4n) is 2.45. The van der Waals surface area contributed by atoms with E-state index in [1.165, 1.54) is 5.56 Å². The number of nitrogens with zero attached hydrogens (tertiary/aromatic N) is 1. The van der Waals surface area contributed by atoms with Crippen LogP contribution in [0.2, 0.25) is 0 Å². The lowest BCUT2D eigenvalue weighted by Crippen LogP contribution is -2.42. The summed E-state index contributed by atoms with van der Waals surface area (Å²) in [5, 5.41) is 2.93. The van der Waals surface area contributed by atoms with Gasteiger partial charge in [0.2, 0.25) is 5.91 Å². The summed E-state index contributed by atoms with van der Waals surface area (Å²) in [4.78, 5) is 19.0. The largest absolute Gasteiger partial charge is 0.351 e. The average Bonchev–Trinajstić information content (AvgIpc) is 2.97. The van der Waals surface area contributed by atoms with Crippen LogP contribution in [0.15, 0.2) is 36.8 Å². The summed E-state index contributed by atoms with van der Waals surface area (Å²) in [5.74, 6) is -0.154. The number of carbonyl (C=O) groups excluding carboxylic acids is 1. The summed E-state index contributed by atoms with van der Waals surface area (Å²) in [6.07, 6.45) is 3.72. The number of nitrogens with two attached hydrogens (primary N) is 1. The molecule has 22 heavy (non-hydrogen) atoms. The minimum absolute atomic E-state index is 0.0410. The third kappa shape index (κ3) is 4.18. The number of aromatic nitrogens is 2. The molecule has 0 saturated heterocycles. The van der Waals surface area contributed by atoms with Gasteiger partial charge in [0, 0.05) is 24.9 Å². The number of hydrogen-bond acceptors (Lipinski definition) is 3. The summed E-state index contributed by atoms with van der Waals surface area (Å²) in [6.45, 7) is 6.98. The minimum Gasteiger partial charge on any atom is -0.351 e. The van der Waals surface area contributed by atoms with Gasteiger partial charge in [-0.15, -0.1) is 0 Å². The van der Waals surface area contributed by atoms with Crippen molar-refractivity contribution in [3.05, 3.63) is 53.6 Å². The van der Waals surface area contributed by atoms with E-state index in [0.717, 1.165) is 11.3 Å². The van der Waals surface area contributed by atoms with Gasteiger partial charge in [0.05, 0.1) is 12.4 Å². The SMILES string of the molecule is CC(C)(C)c1ccccc1CNC(=O)[C@@H](N)Cc1cnc[nH]1. The van der Waals surface area contributed by atoms with Crippen LogP contribution in [0.3, 0.4) is 0 Å². The average molecular weight is 300 g/mol. The zero-order valence-electron chi connectivity index (χ0n) is 13.4. The number of H-pyrrole nitrogens is 1. The lowest BCUT2D eigenvalue weighted by Gasteiger charge is -2.23. The number of imidazole rings is 1. The molecule has 5 heteroatoms. The highest BCUT2D eigenvalue weighted by Gasteiger charge is 2.19. The number of aromatic amines is 1. The fourth-order valence-corrected chi connectivity index (χ4v) is 2.45. The topological polar surface area (TPSA) is 83.8 Å². The van der Waals surface area contributed by atoms with Crippen molar-refractivity contribution in [2.45, 2.75) is 45.2 Å². The van der Waals surface area contributed by atoms with E-state index in [4.69, 9.17) is 5.73 Å². The monoisotopic (exact) mass is 300 g/mol. The van der Waals surface area contributed by atoms with Crippen LogP contribution in [0.1, 0.15) is 37.6 Å². The van der Waals surface area contributed by atoms with Gasteiger partial charge < -0.3 is 16.0 Å². The fraction of sp³-hybridized carbons (Fsp3) is 0.412. The van der Waals surface area contributed by atoms with Crippen molar-refractivity contribution >= 4 is 5.91 Å². The zero-order chi connectivity index (χ0) is 16.2. The molecule has 0 aliphatic carbocycles. The van der Waals surface area contributed by atoms with E-state index in [1.54, 1.807) is 12.5 Å². The lowest BCUT2D eigenvalue weighted by molar-refractivity contribution is -0.122. The van der Waals surface area contributed by atoms with Crippen molar-refractivity contribution < 1.29 is 4.79 Å². The Morgan fingerprint density at radius 3 is 2.73 bits per heavy atom. The molecule has 0 aliphatic rings. The van der Waals surface area contributed by atoms with E-state index >= 15 is 0 Å². The molecule has 0 bridgehead atoms. The number of nitrogens with one attached hydrogen (secondary N) is 2. The van der Waals surface area contributed by atoms with E-state index < -0.39 is 6.04 Å². The van der Waals surface area contributed by atoms with Crippen molar-refractivity contribution in [2.24, 2.45) is 5.73 Å². The highest BCUT2D eigenvalue weighted by atomic mass is 16.2. The molecular weight excluding hydrogens is 276 g/mol. The summed E-state index contributed by atoms with van der Waals surface area (Å²) >= 11 is 0. The molecule has 1 aromatic carbocycles. The first-order valence-electron chi connectivity index (χ1n) is 7.47. The first kappa shape index (κ1) is 16.2. The predicted molar refractivity (Wildman–Crippen MR) is 87.3 cm³/mol.